The Hall–Kier alpha value is -3.67. The number of likely N-dealkylation sites (tertiary alicyclic amines) is 1. The lowest BCUT2D eigenvalue weighted by Gasteiger charge is -2.40. The number of benzene rings is 1. The number of nitriles is 1. The highest BCUT2D eigenvalue weighted by atomic mass is 35.5. The number of aromatic nitrogens is 4. The molecule has 3 aromatic rings. The number of nitrogens with one attached hydrogen (secondary N) is 2. The van der Waals surface area contributed by atoms with E-state index < -0.39 is 0 Å². The fourth-order valence-electron chi connectivity index (χ4n) is 6.87. The van der Waals surface area contributed by atoms with Crippen LogP contribution in [0.1, 0.15) is 103 Å². The Balaban J connectivity index is 1.46. The molecular formula is C37H49ClN8. The lowest BCUT2D eigenvalue weighted by Crippen LogP contribution is -2.46. The van der Waals surface area contributed by atoms with Crippen molar-refractivity contribution in [1.82, 2.24) is 24.9 Å². The Morgan fingerprint density at radius 1 is 1.11 bits per heavy atom. The quantitative estimate of drug-likeness (QED) is 0.214. The van der Waals surface area contributed by atoms with Crippen molar-refractivity contribution in [2.75, 3.05) is 23.7 Å². The molecule has 2 N–H and O–H groups in total. The SMILES string of the molecule is C=C(/C=C\C=C/C)[C@H](Nc1cc(Cl)c2ncc(C#N)c(N[C@H](C)C3CCCCC3)c2c1)c1cn(C2CCN(C(C)(C)C)CC2)nn1. The number of allylic oxidation sites excluding steroid dienone is 3. The summed E-state index contributed by atoms with van der Waals surface area (Å²) >= 11 is 6.88. The van der Waals surface area contributed by atoms with E-state index in [0.717, 1.165) is 54.0 Å². The van der Waals surface area contributed by atoms with Crippen molar-refractivity contribution in [2.45, 2.75) is 103 Å². The zero-order valence-corrected chi connectivity index (χ0v) is 28.8. The fraction of sp³-hybridized carbons (Fsp3) is 0.514. The smallest absolute Gasteiger partial charge is 0.109 e. The van der Waals surface area contributed by atoms with Gasteiger partial charge in [-0.05, 0) is 83.9 Å². The second-order valence-corrected chi connectivity index (χ2v) is 14.3. The maximum absolute atomic E-state index is 10.0. The third-order valence-electron chi connectivity index (χ3n) is 9.68. The molecule has 0 unspecified atom stereocenters. The molecule has 46 heavy (non-hydrogen) atoms. The summed E-state index contributed by atoms with van der Waals surface area (Å²) < 4.78 is 2.03. The second kappa shape index (κ2) is 14.8. The summed E-state index contributed by atoms with van der Waals surface area (Å²) in [4.78, 5) is 7.12. The Labute approximate surface area is 279 Å². The predicted octanol–water partition coefficient (Wildman–Crippen LogP) is 9.01. The first-order valence-electron chi connectivity index (χ1n) is 16.8. The number of hydrogen-bond acceptors (Lipinski definition) is 7. The molecule has 0 spiro atoms. The zero-order valence-electron chi connectivity index (χ0n) is 28.1. The molecule has 1 aromatic carbocycles. The Morgan fingerprint density at radius 3 is 2.52 bits per heavy atom. The first kappa shape index (κ1) is 33.7. The Bertz CT molecular complexity index is 1610. The third kappa shape index (κ3) is 7.82. The van der Waals surface area contributed by atoms with E-state index in [1.807, 2.05) is 48.0 Å². The number of piperidine rings is 1. The van der Waals surface area contributed by atoms with Crippen LogP contribution in [0.4, 0.5) is 11.4 Å². The van der Waals surface area contributed by atoms with Crippen LogP contribution in [0.15, 0.2) is 61.0 Å². The number of anilines is 2. The van der Waals surface area contributed by atoms with Crippen molar-refractivity contribution in [3.63, 3.8) is 0 Å². The molecule has 0 radical (unpaired) electrons. The largest absolute Gasteiger partial charge is 0.381 e. The van der Waals surface area contributed by atoms with Gasteiger partial charge in [0, 0.05) is 41.9 Å². The summed E-state index contributed by atoms with van der Waals surface area (Å²) in [6.07, 6.45) is 19.9. The number of halogens is 1. The van der Waals surface area contributed by atoms with Crippen molar-refractivity contribution in [3.05, 3.63) is 77.3 Å². The van der Waals surface area contributed by atoms with Crippen LogP contribution in [0.5, 0.6) is 0 Å². The number of rotatable bonds is 10. The minimum absolute atomic E-state index is 0.165. The lowest BCUT2D eigenvalue weighted by atomic mass is 9.84. The molecule has 1 aliphatic carbocycles. The summed E-state index contributed by atoms with van der Waals surface area (Å²) in [6.45, 7) is 17.5. The normalized spacial score (nSPS) is 18.6. The van der Waals surface area contributed by atoms with Gasteiger partial charge in [0.15, 0.2) is 0 Å². The molecule has 5 rings (SSSR count). The highest BCUT2D eigenvalue weighted by Crippen LogP contribution is 2.37. The van der Waals surface area contributed by atoms with Gasteiger partial charge in [-0.1, -0.05) is 67.0 Å². The van der Waals surface area contributed by atoms with Crippen LogP contribution in [-0.2, 0) is 0 Å². The summed E-state index contributed by atoms with van der Waals surface area (Å²) in [5.41, 5.74) is 4.56. The van der Waals surface area contributed by atoms with Crippen LogP contribution in [0.25, 0.3) is 10.9 Å². The molecule has 244 valence electrons. The van der Waals surface area contributed by atoms with Crippen molar-refractivity contribution < 1.29 is 0 Å². The molecule has 2 fully saturated rings. The minimum Gasteiger partial charge on any atom is -0.381 e. The number of fused-ring (bicyclic) bond motifs is 1. The van der Waals surface area contributed by atoms with Crippen molar-refractivity contribution in [3.8, 4) is 6.07 Å². The van der Waals surface area contributed by atoms with Crippen LogP contribution >= 0.6 is 11.6 Å². The molecule has 1 saturated carbocycles. The van der Waals surface area contributed by atoms with Gasteiger partial charge in [-0.3, -0.25) is 9.88 Å². The van der Waals surface area contributed by atoms with Gasteiger partial charge in [0.25, 0.3) is 0 Å². The van der Waals surface area contributed by atoms with E-state index >= 15 is 0 Å². The van der Waals surface area contributed by atoms with E-state index in [4.69, 9.17) is 11.6 Å². The van der Waals surface area contributed by atoms with Crippen LogP contribution in [0.2, 0.25) is 5.02 Å². The van der Waals surface area contributed by atoms with Gasteiger partial charge in [0.05, 0.1) is 40.1 Å². The minimum atomic E-state index is -0.344. The third-order valence-corrected chi connectivity index (χ3v) is 9.97. The molecule has 1 saturated heterocycles. The molecule has 2 aliphatic rings. The summed E-state index contributed by atoms with van der Waals surface area (Å²) in [5, 5.41) is 28.0. The van der Waals surface area contributed by atoms with Crippen molar-refractivity contribution >= 4 is 33.9 Å². The molecule has 1 aliphatic heterocycles. The molecule has 0 amide bonds. The molecule has 9 heteroatoms. The summed E-state index contributed by atoms with van der Waals surface area (Å²) in [6, 6.07) is 6.46. The van der Waals surface area contributed by atoms with Gasteiger partial charge >= 0.3 is 0 Å². The maximum Gasteiger partial charge on any atom is 0.109 e. The number of pyridine rings is 1. The Morgan fingerprint density at radius 2 is 1.85 bits per heavy atom. The average Bonchev–Trinajstić information content (AvgIpc) is 3.54. The molecule has 2 aromatic heterocycles. The highest BCUT2D eigenvalue weighted by Gasteiger charge is 2.29. The zero-order chi connectivity index (χ0) is 32.8. The van der Waals surface area contributed by atoms with E-state index in [0.29, 0.717) is 28.1 Å². The van der Waals surface area contributed by atoms with Gasteiger partial charge < -0.3 is 10.6 Å². The lowest BCUT2D eigenvalue weighted by molar-refractivity contribution is 0.0866. The van der Waals surface area contributed by atoms with E-state index in [9.17, 15) is 5.26 Å². The van der Waals surface area contributed by atoms with Crippen molar-refractivity contribution in [1.29, 1.82) is 5.26 Å². The van der Waals surface area contributed by atoms with Gasteiger partial charge in [-0.15, -0.1) is 5.10 Å². The maximum atomic E-state index is 10.0. The average molecular weight is 641 g/mol. The van der Waals surface area contributed by atoms with E-state index in [-0.39, 0.29) is 17.6 Å². The van der Waals surface area contributed by atoms with Gasteiger partial charge in [-0.25, -0.2) is 4.68 Å². The van der Waals surface area contributed by atoms with E-state index in [2.05, 4.69) is 77.4 Å². The molecule has 2 atom stereocenters. The molecule has 0 bridgehead atoms. The number of nitrogens with zero attached hydrogens (tertiary/aromatic N) is 6. The fourth-order valence-corrected chi connectivity index (χ4v) is 7.14. The summed E-state index contributed by atoms with van der Waals surface area (Å²) in [7, 11) is 0. The van der Waals surface area contributed by atoms with Crippen LogP contribution < -0.4 is 10.6 Å². The monoisotopic (exact) mass is 640 g/mol. The van der Waals surface area contributed by atoms with Crippen LogP contribution in [0.3, 0.4) is 0 Å². The topological polar surface area (TPSA) is 94.7 Å². The highest BCUT2D eigenvalue weighted by molar-refractivity contribution is 6.35. The van der Waals surface area contributed by atoms with E-state index in [1.54, 1.807) is 6.20 Å². The number of hydrogen-bond donors (Lipinski definition) is 2. The van der Waals surface area contributed by atoms with Gasteiger partial charge in [-0.2, -0.15) is 5.26 Å². The molecule has 3 heterocycles. The standard InChI is InChI=1S/C37H49ClN8/c1-7-8-10-13-25(2)34(33-24-46(44-43-33)30-16-18-45(19-17-30)37(4,5)6)42-29-20-31-35(41-26(3)27-14-11-9-12-15-27)28(22-39)23-40-36(31)32(38)21-29/h7-8,10,13,20-21,23-24,26-27,30,34,42H,2,9,11-12,14-19H2,1,3-6H3,(H,40,41)/b8-7-,13-10-/t26-,34+/m1/s1. The molecular weight excluding hydrogens is 592 g/mol. The second-order valence-electron chi connectivity index (χ2n) is 13.9. The first-order valence-corrected chi connectivity index (χ1v) is 17.2. The van der Waals surface area contributed by atoms with E-state index in [1.165, 1.54) is 32.1 Å². The van der Waals surface area contributed by atoms with Crippen LogP contribution in [-0.4, -0.2) is 49.5 Å². The van der Waals surface area contributed by atoms with Gasteiger partial charge in [0.2, 0.25) is 0 Å². The van der Waals surface area contributed by atoms with Crippen molar-refractivity contribution in [2.24, 2.45) is 5.92 Å². The predicted molar refractivity (Wildman–Crippen MR) is 190 cm³/mol. The first-order chi connectivity index (χ1) is 22.1. The van der Waals surface area contributed by atoms with Crippen LogP contribution in [0, 0.1) is 17.2 Å². The van der Waals surface area contributed by atoms with Gasteiger partial charge in [0.1, 0.15) is 11.8 Å². The summed E-state index contributed by atoms with van der Waals surface area (Å²) in [5.74, 6) is 0.570. The molecule has 8 nitrogen and oxygen atoms in total. The Kier molecular flexibility index (Phi) is 10.9.